The van der Waals surface area contributed by atoms with Crippen LogP contribution in [0.3, 0.4) is 0 Å². The monoisotopic (exact) mass is 561 g/mol. The topological polar surface area (TPSA) is 86.8 Å². The molecule has 0 aromatic heterocycles. The first kappa shape index (κ1) is 29.2. The van der Waals surface area contributed by atoms with Gasteiger partial charge in [-0.3, -0.25) is 13.9 Å². The van der Waals surface area contributed by atoms with E-state index in [0.717, 1.165) is 22.5 Å². The van der Waals surface area contributed by atoms with E-state index in [2.05, 4.69) is 5.32 Å². The fraction of sp³-hybridized carbons (Fsp3) is 0.417. The maximum atomic E-state index is 13.5. The van der Waals surface area contributed by atoms with E-state index in [4.69, 9.17) is 34.8 Å². The van der Waals surface area contributed by atoms with E-state index in [1.807, 2.05) is 13.8 Å². The number of sulfonamides is 1. The van der Waals surface area contributed by atoms with Crippen LogP contribution in [0.2, 0.25) is 15.1 Å². The zero-order valence-corrected chi connectivity index (χ0v) is 23.4. The van der Waals surface area contributed by atoms with Gasteiger partial charge in [0, 0.05) is 17.6 Å². The number of amides is 2. The molecule has 192 valence electrons. The van der Waals surface area contributed by atoms with Crippen molar-refractivity contribution in [3.05, 3.63) is 62.6 Å². The number of nitrogens with zero attached hydrogens (tertiary/aromatic N) is 2. The molecular formula is C24H30Cl3N3O4S. The number of aryl methyl sites for hydroxylation is 1. The van der Waals surface area contributed by atoms with Crippen LogP contribution < -0.4 is 9.62 Å². The lowest BCUT2D eigenvalue weighted by atomic mass is 10.1. The van der Waals surface area contributed by atoms with Crippen LogP contribution in [0.5, 0.6) is 0 Å². The highest BCUT2D eigenvalue weighted by molar-refractivity contribution is 7.92. The molecule has 1 N–H and O–H groups in total. The van der Waals surface area contributed by atoms with E-state index in [1.165, 1.54) is 11.0 Å². The van der Waals surface area contributed by atoms with Gasteiger partial charge in [0.1, 0.15) is 12.6 Å². The summed E-state index contributed by atoms with van der Waals surface area (Å²) in [7, 11) is -3.84. The summed E-state index contributed by atoms with van der Waals surface area (Å²) in [6.07, 6.45) is 1.73. The highest BCUT2D eigenvalue weighted by Gasteiger charge is 2.30. The van der Waals surface area contributed by atoms with Gasteiger partial charge in [-0.05, 0) is 62.6 Å². The molecule has 0 aliphatic rings. The Balaban J connectivity index is 2.43. The Kier molecular flexibility index (Phi) is 10.3. The minimum absolute atomic E-state index is 0.0249. The Labute approximate surface area is 222 Å². The number of nitrogens with one attached hydrogen (secondary N) is 1. The minimum atomic E-state index is -3.84. The van der Waals surface area contributed by atoms with E-state index in [-0.39, 0.29) is 24.2 Å². The Morgan fingerprint density at radius 1 is 1.00 bits per heavy atom. The third kappa shape index (κ3) is 8.00. The van der Waals surface area contributed by atoms with Crippen molar-refractivity contribution in [3.63, 3.8) is 0 Å². The number of benzene rings is 2. The molecule has 0 unspecified atom stereocenters. The van der Waals surface area contributed by atoms with Gasteiger partial charge in [0.05, 0.1) is 22.0 Å². The molecule has 2 amide bonds. The molecule has 11 heteroatoms. The average Bonchev–Trinajstić information content (AvgIpc) is 2.78. The summed E-state index contributed by atoms with van der Waals surface area (Å²) in [6, 6.07) is 8.69. The number of hydrogen-bond acceptors (Lipinski definition) is 4. The molecule has 0 saturated carbocycles. The molecule has 0 radical (unpaired) electrons. The van der Waals surface area contributed by atoms with Crippen LogP contribution in [-0.4, -0.2) is 50.0 Å². The highest BCUT2D eigenvalue weighted by atomic mass is 35.5. The molecule has 2 atom stereocenters. The fourth-order valence-electron chi connectivity index (χ4n) is 3.23. The van der Waals surface area contributed by atoms with Gasteiger partial charge in [0.15, 0.2) is 0 Å². The summed E-state index contributed by atoms with van der Waals surface area (Å²) in [5.41, 5.74) is 1.66. The molecule has 0 saturated heterocycles. The van der Waals surface area contributed by atoms with Crippen LogP contribution >= 0.6 is 34.8 Å². The van der Waals surface area contributed by atoms with Gasteiger partial charge in [-0.1, -0.05) is 53.9 Å². The van der Waals surface area contributed by atoms with Crippen LogP contribution in [0.1, 0.15) is 38.3 Å². The van der Waals surface area contributed by atoms with Crippen LogP contribution in [0.4, 0.5) is 5.69 Å². The Hall–Kier alpha value is -2.00. The molecule has 35 heavy (non-hydrogen) atoms. The molecule has 2 aromatic carbocycles. The molecule has 7 nitrogen and oxygen atoms in total. The quantitative estimate of drug-likeness (QED) is 0.439. The second-order valence-corrected chi connectivity index (χ2v) is 11.6. The molecule has 0 aliphatic carbocycles. The molecule has 2 aromatic rings. The van der Waals surface area contributed by atoms with E-state index in [1.54, 1.807) is 44.2 Å². The lowest BCUT2D eigenvalue weighted by Gasteiger charge is -2.32. The van der Waals surface area contributed by atoms with Crippen molar-refractivity contribution >= 4 is 62.3 Å². The highest BCUT2D eigenvalue weighted by Crippen LogP contribution is 2.26. The summed E-state index contributed by atoms with van der Waals surface area (Å²) in [6.45, 7) is 6.70. The van der Waals surface area contributed by atoms with Crippen molar-refractivity contribution in [2.45, 2.75) is 52.7 Å². The average molecular weight is 563 g/mol. The standard InChI is InChI=1S/C24H30Cl3N3O4S/c1-6-16(3)28-24(32)17(4)29(13-18-8-10-20(25)22(27)11-18)23(31)14-30(35(5,33)34)19-9-7-15(2)21(26)12-19/h7-12,16-17H,6,13-14H2,1-5H3,(H,28,32)/t16-,17-/m1/s1. The normalized spacial score (nSPS) is 13.1. The fourth-order valence-corrected chi connectivity index (χ4v) is 4.57. The van der Waals surface area contributed by atoms with Gasteiger partial charge < -0.3 is 10.2 Å². The largest absolute Gasteiger partial charge is 0.352 e. The Morgan fingerprint density at radius 3 is 2.20 bits per heavy atom. The van der Waals surface area contributed by atoms with Crippen LogP contribution in [0.25, 0.3) is 0 Å². The summed E-state index contributed by atoms with van der Waals surface area (Å²) in [4.78, 5) is 27.8. The number of carbonyl (C=O) groups excluding carboxylic acids is 2. The summed E-state index contributed by atoms with van der Waals surface area (Å²) in [5, 5.41) is 3.91. The van der Waals surface area contributed by atoms with E-state index in [9.17, 15) is 18.0 Å². The zero-order valence-electron chi connectivity index (χ0n) is 20.3. The van der Waals surface area contributed by atoms with Crippen molar-refractivity contribution in [1.82, 2.24) is 10.2 Å². The first-order chi connectivity index (χ1) is 16.2. The van der Waals surface area contributed by atoms with Gasteiger partial charge in [0.2, 0.25) is 21.8 Å². The van der Waals surface area contributed by atoms with Crippen molar-refractivity contribution in [2.24, 2.45) is 0 Å². The van der Waals surface area contributed by atoms with Gasteiger partial charge in [-0.25, -0.2) is 8.42 Å². The van der Waals surface area contributed by atoms with Crippen LogP contribution in [0.15, 0.2) is 36.4 Å². The molecule has 0 spiro atoms. The molecule has 0 aliphatic heterocycles. The van der Waals surface area contributed by atoms with Crippen molar-refractivity contribution < 1.29 is 18.0 Å². The van der Waals surface area contributed by atoms with Crippen molar-refractivity contribution in [1.29, 1.82) is 0 Å². The maximum absolute atomic E-state index is 13.5. The first-order valence-electron chi connectivity index (χ1n) is 11.0. The second kappa shape index (κ2) is 12.3. The zero-order chi connectivity index (χ0) is 26.5. The summed E-state index contributed by atoms with van der Waals surface area (Å²) in [5.74, 6) is -0.915. The van der Waals surface area contributed by atoms with Crippen molar-refractivity contribution in [2.75, 3.05) is 17.1 Å². The van der Waals surface area contributed by atoms with Gasteiger partial charge >= 0.3 is 0 Å². The smallest absolute Gasteiger partial charge is 0.244 e. The number of hydrogen-bond donors (Lipinski definition) is 1. The maximum Gasteiger partial charge on any atom is 0.244 e. The van der Waals surface area contributed by atoms with Crippen LogP contribution in [-0.2, 0) is 26.2 Å². The molecule has 0 heterocycles. The minimum Gasteiger partial charge on any atom is -0.352 e. The predicted molar refractivity (Wildman–Crippen MR) is 143 cm³/mol. The summed E-state index contributed by atoms with van der Waals surface area (Å²) >= 11 is 18.4. The van der Waals surface area contributed by atoms with E-state index in [0.29, 0.717) is 20.6 Å². The predicted octanol–water partition coefficient (Wildman–Crippen LogP) is 5.05. The number of halogens is 3. The molecule has 0 fully saturated rings. The SMILES string of the molecule is CC[C@@H](C)NC(=O)[C@@H](C)N(Cc1ccc(Cl)c(Cl)c1)C(=O)CN(c1ccc(C)c(Cl)c1)S(C)(=O)=O. The molecular weight excluding hydrogens is 533 g/mol. The molecule has 0 bridgehead atoms. The van der Waals surface area contributed by atoms with Crippen molar-refractivity contribution in [3.8, 4) is 0 Å². The van der Waals surface area contributed by atoms with Gasteiger partial charge in [-0.15, -0.1) is 0 Å². The van der Waals surface area contributed by atoms with Gasteiger partial charge in [-0.2, -0.15) is 0 Å². The van der Waals surface area contributed by atoms with Crippen LogP contribution in [0, 0.1) is 6.92 Å². The Bertz CT molecular complexity index is 1190. The third-order valence-electron chi connectivity index (χ3n) is 5.63. The number of anilines is 1. The number of carbonyl (C=O) groups is 2. The van der Waals surface area contributed by atoms with E-state index < -0.39 is 28.5 Å². The summed E-state index contributed by atoms with van der Waals surface area (Å²) < 4.78 is 26.2. The Morgan fingerprint density at radius 2 is 1.66 bits per heavy atom. The first-order valence-corrected chi connectivity index (χ1v) is 14.0. The molecule has 2 rings (SSSR count). The van der Waals surface area contributed by atoms with Gasteiger partial charge in [0.25, 0.3) is 0 Å². The second-order valence-electron chi connectivity index (χ2n) is 8.47. The lowest BCUT2D eigenvalue weighted by Crippen LogP contribution is -2.52. The lowest BCUT2D eigenvalue weighted by molar-refractivity contribution is -0.139. The van der Waals surface area contributed by atoms with E-state index >= 15 is 0 Å². The number of rotatable bonds is 10. The third-order valence-corrected chi connectivity index (χ3v) is 7.91.